The van der Waals surface area contributed by atoms with Gasteiger partial charge in [-0.15, -0.1) is 0 Å². The molecule has 0 atom stereocenters. The molecule has 1 aromatic carbocycles. The maximum atomic E-state index is 12.7. The lowest BCUT2D eigenvalue weighted by atomic mass is 10.0. The van der Waals surface area contributed by atoms with Crippen LogP contribution >= 0.6 is 0 Å². The maximum Gasteiger partial charge on any atom is 0.416 e. The summed E-state index contributed by atoms with van der Waals surface area (Å²) >= 11 is 0. The van der Waals surface area contributed by atoms with Crippen LogP contribution in [0.15, 0.2) is 18.2 Å². The van der Waals surface area contributed by atoms with Crippen molar-refractivity contribution in [3.8, 4) is 5.75 Å². The molecule has 1 rings (SSSR count). The smallest absolute Gasteiger partial charge is 0.416 e. The highest BCUT2D eigenvalue weighted by atomic mass is 19.4. The van der Waals surface area contributed by atoms with Gasteiger partial charge in [-0.2, -0.15) is 13.2 Å². The van der Waals surface area contributed by atoms with E-state index in [1.165, 1.54) is 7.11 Å². The summed E-state index contributed by atoms with van der Waals surface area (Å²) in [6.45, 7) is 1.91. The molecule has 0 aliphatic rings. The lowest BCUT2D eigenvalue weighted by Crippen LogP contribution is -2.10. The van der Waals surface area contributed by atoms with Gasteiger partial charge in [-0.25, -0.2) is 0 Å². The number of halogens is 3. The molecule has 0 bridgehead atoms. The van der Waals surface area contributed by atoms with E-state index in [0.717, 1.165) is 18.2 Å². The molecule has 1 aromatic rings. The fourth-order valence-corrected chi connectivity index (χ4v) is 1.86. The first-order chi connectivity index (χ1) is 10.3. The van der Waals surface area contributed by atoms with Gasteiger partial charge in [0.25, 0.3) is 0 Å². The highest BCUT2D eigenvalue weighted by Gasteiger charge is 2.31. The molecule has 0 unspecified atom stereocenters. The molecule has 0 heterocycles. The zero-order valence-electron chi connectivity index (χ0n) is 12.3. The molecule has 0 aromatic heterocycles. The number of alkyl halides is 3. The number of methoxy groups -OCH3 is 1. The van der Waals surface area contributed by atoms with Crippen molar-refractivity contribution >= 4 is 11.8 Å². The van der Waals surface area contributed by atoms with E-state index in [0.29, 0.717) is 0 Å². The molecule has 0 spiro atoms. The van der Waals surface area contributed by atoms with Crippen molar-refractivity contribution in [3.05, 3.63) is 29.3 Å². The van der Waals surface area contributed by atoms with E-state index in [4.69, 9.17) is 9.47 Å². The van der Waals surface area contributed by atoms with Crippen LogP contribution in [-0.4, -0.2) is 25.5 Å². The van der Waals surface area contributed by atoms with E-state index in [9.17, 15) is 22.8 Å². The summed E-state index contributed by atoms with van der Waals surface area (Å²) in [5.41, 5.74) is -1.05. The van der Waals surface area contributed by atoms with Crippen LogP contribution in [0.5, 0.6) is 5.75 Å². The molecule has 0 amide bonds. The lowest BCUT2D eigenvalue weighted by molar-refractivity contribution is -0.143. The zero-order chi connectivity index (χ0) is 16.8. The van der Waals surface area contributed by atoms with Gasteiger partial charge in [-0.1, -0.05) is 0 Å². The number of rotatable bonds is 7. The first kappa shape index (κ1) is 18.0. The van der Waals surface area contributed by atoms with Gasteiger partial charge in [0.2, 0.25) is 0 Å². The fourth-order valence-electron chi connectivity index (χ4n) is 1.86. The van der Waals surface area contributed by atoms with E-state index in [1.54, 1.807) is 6.92 Å². The summed E-state index contributed by atoms with van der Waals surface area (Å²) in [5.74, 6) is -0.868. The molecule has 0 aliphatic heterocycles. The number of benzene rings is 1. The molecular weight excluding hydrogens is 301 g/mol. The Bertz CT molecular complexity index is 538. The third-order valence-corrected chi connectivity index (χ3v) is 2.92. The largest absolute Gasteiger partial charge is 0.496 e. The third-order valence-electron chi connectivity index (χ3n) is 2.92. The number of hydrogen-bond acceptors (Lipinski definition) is 4. The second-order valence-electron chi connectivity index (χ2n) is 4.49. The van der Waals surface area contributed by atoms with Crippen LogP contribution < -0.4 is 4.74 Å². The number of carbonyl (C=O) groups is 2. The average Bonchev–Trinajstić information content (AvgIpc) is 2.45. The Balaban J connectivity index is 2.81. The van der Waals surface area contributed by atoms with Gasteiger partial charge < -0.3 is 9.47 Å². The minimum atomic E-state index is -4.54. The standard InChI is InChI=1S/C15H17F3O4/c1-3-22-14(20)6-4-5-12(19)11-9-10(15(16,17)18)7-8-13(11)21-2/h7-9H,3-6H2,1-2H3. The van der Waals surface area contributed by atoms with E-state index in [2.05, 4.69) is 0 Å². The van der Waals surface area contributed by atoms with Gasteiger partial charge in [0.15, 0.2) is 5.78 Å². The van der Waals surface area contributed by atoms with E-state index < -0.39 is 23.5 Å². The summed E-state index contributed by atoms with van der Waals surface area (Å²) in [5, 5.41) is 0. The van der Waals surface area contributed by atoms with Crippen LogP contribution in [0.3, 0.4) is 0 Å². The van der Waals surface area contributed by atoms with E-state index >= 15 is 0 Å². The Hall–Kier alpha value is -2.05. The Kier molecular flexibility index (Phi) is 6.39. The Morgan fingerprint density at radius 2 is 1.86 bits per heavy atom. The van der Waals surface area contributed by atoms with Crippen LogP contribution in [0.25, 0.3) is 0 Å². The second kappa shape index (κ2) is 7.82. The summed E-state index contributed by atoms with van der Waals surface area (Å²) in [6, 6.07) is 2.74. The number of ether oxygens (including phenoxy) is 2. The van der Waals surface area contributed by atoms with E-state index in [1.807, 2.05) is 0 Å². The van der Waals surface area contributed by atoms with Crippen LogP contribution in [0.2, 0.25) is 0 Å². The van der Waals surface area contributed by atoms with Crippen molar-refractivity contribution in [3.63, 3.8) is 0 Å². The molecule has 4 nitrogen and oxygen atoms in total. The molecular formula is C15H17F3O4. The predicted molar refractivity (Wildman–Crippen MR) is 72.8 cm³/mol. The minimum Gasteiger partial charge on any atom is -0.496 e. The fraction of sp³-hybridized carbons (Fsp3) is 0.467. The molecule has 0 fully saturated rings. The first-order valence-electron chi connectivity index (χ1n) is 6.73. The number of Topliss-reactive ketones (excluding diaryl/α,β-unsaturated/α-hetero) is 1. The van der Waals surface area contributed by atoms with Gasteiger partial charge in [-0.3, -0.25) is 9.59 Å². The van der Waals surface area contributed by atoms with Gasteiger partial charge in [-0.05, 0) is 31.5 Å². The number of ketones is 1. The second-order valence-corrected chi connectivity index (χ2v) is 4.49. The number of esters is 1. The molecule has 122 valence electrons. The SMILES string of the molecule is CCOC(=O)CCCC(=O)c1cc(C(F)(F)F)ccc1OC. The molecule has 7 heteroatoms. The quantitative estimate of drug-likeness (QED) is 0.569. The third kappa shape index (κ3) is 5.05. The molecule has 0 N–H and O–H groups in total. The van der Waals surface area contributed by atoms with Gasteiger partial charge in [0, 0.05) is 12.8 Å². The summed E-state index contributed by atoms with van der Waals surface area (Å²) in [6.07, 6.45) is -4.35. The number of hydrogen-bond donors (Lipinski definition) is 0. The van der Waals surface area contributed by atoms with Crippen molar-refractivity contribution in [2.24, 2.45) is 0 Å². The van der Waals surface area contributed by atoms with Crippen molar-refractivity contribution < 1.29 is 32.2 Å². The van der Waals surface area contributed by atoms with Gasteiger partial charge in [0.1, 0.15) is 5.75 Å². The van der Waals surface area contributed by atoms with Crippen LogP contribution in [-0.2, 0) is 15.7 Å². The van der Waals surface area contributed by atoms with Crippen molar-refractivity contribution in [2.45, 2.75) is 32.4 Å². The summed E-state index contributed by atoms with van der Waals surface area (Å²) in [7, 11) is 1.28. The molecule has 0 radical (unpaired) electrons. The Labute approximate surface area is 126 Å². The van der Waals surface area contributed by atoms with Crippen molar-refractivity contribution in [2.75, 3.05) is 13.7 Å². The molecule has 0 aliphatic carbocycles. The highest BCUT2D eigenvalue weighted by molar-refractivity contribution is 5.99. The monoisotopic (exact) mass is 318 g/mol. The predicted octanol–water partition coefficient (Wildman–Crippen LogP) is 3.63. The Morgan fingerprint density at radius 1 is 1.18 bits per heavy atom. The maximum absolute atomic E-state index is 12.7. The van der Waals surface area contributed by atoms with Crippen LogP contribution in [0, 0.1) is 0 Å². The molecule has 0 saturated heterocycles. The number of carbonyl (C=O) groups excluding carboxylic acids is 2. The van der Waals surface area contributed by atoms with Crippen LogP contribution in [0.1, 0.15) is 42.1 Å². The summed E-state index contributed by atoms with van der Waals surface area (Å²) < 4.78 is 47.7. The molecule has 0 saturated carbocycles. The first-order valence-corrected chi connectivity index (χ1v) is 6.73. The van der Waals surface area contributed by atoms with Crippen molar-refractivity contribution in [1.82, 2.24) is 0 Å². The zero-order valence-corrected chi connectivity index (χ0v) is 12.3. The normalized spacial score (nSPS) is 11.1. The Morgan fingerprint density at radius 3 is 2.41 bits per heavy atom. The average molecular weight is 318 g/mol. The lowest BCUT2D eigenvalue weighted by Gasteiger charge is -2.12. The van der Waals surface area contributed by atoms with Gasteiger partial charge in [0.05, 0.1) is 24.8 Å². The van der Waals surface area contributed by atoms with Crippen LogP contribution in [0.4, 0.5) is 13.2 Å². The van der Waals surface area contributed by atoms with Crippen molar-refractivity contribution in [1.29, 1.82) is 0 Å². The minimum absolute atomic E-state index is 0.0425. The molecule has 22 heavy (non-hydrogen) atoms. The highest BCUT2D eigenvalue weighted by Crippen LogP contribution is 2.33. The van der Waals surface area contributed by atoms with Gasteiger partial charge >= 0.3 is 12.1 Å². The summed E-state index contributed by atoms with van der Waals surface area (Å²) in [4.78, 5) is 23.2. The van der Waals surface area contributed by atoms with E-state index in [-0.39, 0.29) is 37.2 Å². The topological polar surface area (TPSA) is 52.6 Å².